The van der Waals surface area contributed by atoms with Crippen molar-refractivity contribution >= 4 is 8.80 Å². The van der Waals surface area contributed by atoms with Crippen LogP contribution < -0.4 is 0 Å². The van der Waals surface area contributed by atoms with Gasteiger partial charge in [-0.05, 0) is 5.04 Å². The molecule has 0 bridgehead atoms. The average Bonchev–Trinajstić information content (AvgIpc) is 2.56. The highest BCUT2D eigenvalue weighted by atomic mass is 28.3. The van der Waals surface area contributed by atoms with Crippen LogP contribution in [0.15, 0.2) is 23.6 Å². The summed E-state index contributed by atoms with van der Waals surface area (Å²) in [6, 6.07) is 0. The Labute approximate surface area is 84.3 Å². The van der Waals surface area contributed by atoms with E-state index in [0.29, 0.717) is 5.04 Å². The summed E-state index contributed by atoms with van der Waals surface area (Å²) >= 11 is 0. The SMILES string of the molecule is CCCCCC(C)(C)[SiH]1C=CC=C1. The minimum absolute atomic E-state index is 0.596. The fourth-order valence-corrected chi connectivity index (χ4v) is 4.39. The van der Waals surface area contributed by atoms with E-state index in [1.807, 2.05) is 0 Å². The van der Waals surface area contributed by atoms with E-state index in [9.17, 15) is 0 Å². The van der Waals surface area contributed by atoms with Crippen LogP contribution in [0.3, 0.4) is 0 Å². The number of rotatable bonds is 5. The summed E-state index contributed by atoms with van der Waals surface area (Å²) in [6.07, 6.45) is 10.0. The fourth-order valence-electron chi connectivity index (χ4n) is 1.95. The molecule has 0 aromatic heterocycles. The van der Waals surface area contributed by atoms with E-state index in [0.717, 1.165) is 0 Å². The van der Waals surface area contributed by atoms with Crippen LogP contribution >= 0.6 is 0 Å². The number of allylic oxidation sites excluding steroid dienone is 2. The Morgan fingerprint density at radius 1 is 1.08 bits per heavy atom. The monoisotopic (exact) mass is 194 g/mol. The van der Waals surface area contributed by atoms with Crippen LogP contribution in [0.4, 0.5) is 0 Å². The Morgan fingerprint density at radius 2 is 1.69 bits per heavy atom. The second-order valence-corrected chi connectivity index (χ2v) is 8.13. The van der Waals surface area contributed by atoms with E-state index in [1.54, 1.807) is 0 Å². The molecule has 1 heterocycles. The Bertz CT molecular complexity index is 189. The summed E-state index contributed by atoms with van der Waals surface area (Å²) in [5.74, 6) is 0. The third-order valence-corrected chi connectivity index (χ3v) is 6.44. The summed E-state index contributed by atoms with van der Waals surface area (Å²) in [4.78, 5) is 0. The standard InChI is InChI=1S/C12H22Si/c1-4-5-6-9-12(2,3)13-10-7-8-11-13/h7-8,10-11,13H,4-6,9H2,1-3H3. The van der Waals surface area contributed by atoms with Crippen molar-refractivity contribution in [2.24, 2.45) is 0 Å². The molecule has 0 nitrogen and oxygen atoms in total. The molecule has 0 saturated heterocycles. The lowest BCUT2D eigenvalue weighted by molar-refractivity contribution is 0.545. The molecule has 1 heteroatoms. The molecule has 0 unspecified atom stereocenters. The van der Waals surface area contributed by atoms with Crippen molar-refractivity contribution in [2.45, 2.75) is 51.5 Å². The van der Waals surface area contributed by atoms with Crippen LogP contribution in [-0.4, -0.2) is 8.80 Å². The molecule has 0 aromatic carbocycles. The van der Waals surface area contributed by atoms with Gasteiger partial charge in [-0.2, -0.15) is 0 Å². The van der Waals surface area contributed by atoms with Gasteiger partial charge in [-0.15, -0.1) is 0 Å². The van der Waals surface area contributed by atoms with Crippen molar-refractivity contribution in [3.63, 3.8) is 0 Å². The van der Waals surface area contributed by atoms with Crippen molar-refractivity contribution < 1.29 is 0 Å². The molecule has 1 aliphatic rings. The quantitative estimate of drug-likeness (QED) is 0.461. The molecule has 0 fully saturated rings. The van der Waals surface area contributed by atoms with Crippen molar-refractivity contribution in [3.8, 4) is 0 Å². The molecular weight excluding hydrogens is 172 g/mol. The molecule has 0 aromatic rings. The van der Waals surface area contributed by atoms with Crippen molar-refractivity contribution in [1.29, 1.82) is 0 Å². The molecule has 0 spiro atoms. The second-order valence-electron chi connectivity index (χ2n) is 4.74. The number of hydrogen-bond acceptors (Lipinski definition) is 0. The van der Waals surface area contributed by atoms with Gasteiger partial charge in [0.05, 0.1) is 8.80 Å². The summed E-state index contributed by atoms with van der Waals surface area (Å²) in [7, 11) is -0.694. The maximum absolute atomic E-state index is 2.46. The normalized spacial score (nSPS) is 17.2. The van der Waals surface area contributed by atoms with Gasteiger partial charge in [0.25, 0.3) is 0 Å². The minimum Gasteiger partial charge on any atom is -0.0930 e. The van der Waals surface area contributed by atoms with Gasteiger partial charge in [0, 0.05) is 0 Å². The Hall–Kier alpha value is -0.303. The van der Waals surface area contributed by atoms with E-state index >= 15 is 0 Å². The van der Waals surface area contributed by atoms with Gasteiger partial charge in [-0.3, -0.25) is 0 Å². The van der Waals surface area contributed by atoms with Gasteiger partial charge in [-0.25, -0.2) is 0 Å². The van der Waals surface area contributed by atoms with E-state index < -0.39 is 8.80 Å². The molecule has 74 valence electrons. The molecular formula is C12H22Si. The molecule has 0 aliphatic carbocycles. The van der Waals surface area contributed by atoms with Gasteiger partial charge < -0.3 is 0 Å². The predicted molar refractivity (Wildman–Crippen MR) is 63.6 cm³/mol. The maximum atomic E-state index is 2.46. The van der Waals surface area contributed by atoms with Gasteiger partial charge in [0.1, 0.15) is 0 Å². The van der Waals surface area contributed by atoms with Crippen molar-refractivity contribution in [2.75, 3.05) is 0 Å². The van der Waals surface area contributed by atoms with Crippen LogP contribution in [0.1, 0.15) is 46.5 Å². The smallest absolute Gasteiger partial charge is 0.0907 e. The molecule has 0 radical (unpaired) electrons. The van der Waals surface area contributed by atoms with Crippen LogP contribution in [0, 0.1) is 0 Å². The number of unbranched alkanes of at least 4 members (excludes halogenated alkanes) is 2. The van der Waals surface area contributed by atoms with Crippen molar-refractivity contribution in [1.82, 2.24) is 0 Å². The van der Waals surface area contributed by atoms with Crippen LogP contribution in [-0.2, 0) is 0 Å². The third kappa shape index (κ3) is 3.15. The van der Waals surface area contributed by atoms with Gasteiger partial charge in [0.2, 0.25) is 0 Å². The molecule has 0 N–H and O–H groups in total. The lowest BCUT2D eigenvalue weighted by Crippen LogP contribution is -2.23. The van der Waals surface area contributed by atoms with E-state index in [2.05, 4.69) is 44.3 Å². The summed E-state index contributed by atoms with van der Waals surface area (Å²) in [5.41, 5.74) is 4.93. The molecule has 1 rings (SSSR count). The molecule has 1 aliphatic heterocycles. The lowest BCUT2D eigenvalue weighted by Gasteiger charge is -2.28. The summed E-state index contributed by atoms with van der Waals surface area (Å²) in [6.45, 7) is 7.17. The molecule has 0 atom stereocenters. The highest BCUT2D eigenvalue weighted by Gasteiger charge is 2.27. The third-order valence-electron chi connectivity index (χ3n) is 3.08. The van der Waals surface area contributed by atoms with Crippen molar-refractivity contribution in [3.05, 3.63) is 23.6 Å². The first kappa shape index (κ1) is 10.8. The highest BCUT2D eigenvalue weighted by molar-refractivity contribution is 6.73. The van der Waals surface area contributed by atoms with E-state index in [4.69, 9.17) is 0 Å². The lowest BCUT2D eigenvalue weighted by atomic mass is 10.0. The van der Waals surface area contributed by atoms with E-state index in [-0.39, 0.29) is 0 Å². The Balaban J connectivity index is 2.36. The van der Waals surface area contributed by atoms with Crippen LogP contribution in [0.5, 0.6) is 0 Å². The van der Waals surface area contributed by atoms with Gasteiger partial charge in [-0.1, -0.05) is 70.0 Å². The molecule has 13 heavy (non-hydrogen) atoms. The zero-order valence-electron chi connectivity index (χ0n) is 9.22. The maximum Gasteiger partial charge on any atom is 0.0907 e. The molecule has 0 amide bonds. The minimum atomic E-state index is -0.694. The van der Waals surface area contributed by atoms with Gasteiger partial charge >= 0.3 is 0 Å². The summed E-state index contributed by atoms with van der Waals surface area (Å²) < 4.78 is 0. The number of hydrogen-bond donors (Lipinski definition) is 0. The second kappa shape index (κ2) is 4.80. The first-order chi connectivity index (χ1) is 6.17. The molecule has 0 saturated carbocycles. The van der Waals surface area contributed by atoms with Crippen LogP contribution in [0.25, 0.3) is 0 Å². The first-order valence-corrected chi connectivity index (χ1v) is 7.43. The Kier molecular flexibility index (Phi) is 3.98. The van der Waals surface area contributed by atoms with E-state index in [1.165, 1.54) is 25.7 Å². The largest absolute Gasteiger partial charge is 0.0930 e. The summed E-state index contributed by atoms with van der Waals surface area (Å²) in [5, 5.41) is 0.596. The Morgan fingerprint density at radius 3 is 2.23 bits per heavy atom. The van der Waals surface area contributed by atoms with Gasteiger partial charge in [0.15, 0.2) is 0 Å². The van der Waals surface area contributed by atoms with Crippen LogP contribution in [0.2, 0.25) is 5.04 Å². The highest BCUT2D eigenvalue weighted by Crippen LogP contribution is 2.37. The average molecular weight is 194 g/mol. The fraction of sp³-hybridized carbons (Fsp3) is 0.667. The zero-order valence-corrected chi connectivity index (χ0v) is 10.4. The zero-order chi connectivity index (χ0) is 9.73. The first-order valence-electron chi connectivity index (χ1n) is 5.52. The topological polar surface area (TPSA) is 0 Å². The predicted octanol–water partition coefficient (Wildman–Crippen LogP) is 3.78.